The largest absolute Gasteiger partial charge is 0.398 e. The number of aromatic nitrogens is 1. The van der Waals surface area contributed by atoms with Crippen LogP contribution in [0.1, 0.15) is 15.4 Å². The Morgan fingerprint density at radius 2 is 2.10 bits per heavy atom. The zero-order chi connectivity index (χ0) is 14.9. The maximum absolute atomic E-state index is 13.8. The van der Waals surface area contributed by atoms with Crippen molar-refractivity contribution in [1.29, 1.82) is 0 Å². The number of halogens is 1. The average molecular weight is 315 g/mol. The van der Waals surface area contributed by atoms with Crippen LogP contribution >= 0.6 is 11.3 Å². The average Bonchev–Trinajstić information content (AvgIpc) is 2.77. The van der Waals surface area contributed by atoms with Crippen molar-refractivity contribution in [3.05, 3.63) is 39.6 Å². The first-order chi connectivity index (χ1) is 9.29. The molecule has 0 unspecified atom stereocenters. The monoisotopic (exact) mass is 315 g/mol. The smallest absolute Gasteiger partial charge is 0.243 e. The van der Waals surface area contributed by atoms with Crippen LogP contribution in [0.5, 0.6) is 0 Å². The van der Waals surface area contributed by atoms with Gasteiger partial charge in [-0.3, -0.25) is 0 Å². The highest BCUT2D eigenvalue weighted by atomic mass is 32.2. The molecule has 1 aromatic heterocycles. The quantitative estimate of drug-likeness (QED) is 0.845. The third-order valence-corrected chi connectivity index (χ3v) is 5.02. The van der Waals surface area contributed by atoms with E-state index in [1.54, 1.807) is 13.1 Å². The Hall–Kier alpha value is -1.51. The molecule has 0 saturated carbocycles. The number of anilines is 1. The molecule has 0 spiro atoms. The Morgan fingerprint density at radius 1 is 1.40 bits per heavy atom. The number of nitrogens with zero attached hydrogens (tertiary/aromatic N) is 1. The molecule has 2 rings (SSSR count). The minimum Gasteiger partial charge on any atom is -0.398 e. The van der Waals surface area contributed by atoms with Crippen LogP contribution in [0.15, 0.2) is 23.2 Å². The number of hydrogen-bond acceptors (Lipinski definition) is 5. The molecule has 108 valence electrons. The summed E-state index contributed by atoms with van der Waals surface area (Å²) in [5.74, 6) is -0.820. The summed E-state index contributed by atoms with van der Waals surface area (Å²) in [6.45, 7) is 3.50. The van der Waals surface area contributed by atoms with Crippen molar-refractivity contribution in [2.75, 3.05) is 5.73 Å². The Morgan fingerprint density at radius 3 is 2.70 bits per heavy atom. The van der Waals surface area contributed by atoms with Gasteiger partial charge in [0.2, 0.25) is 10.0 Å². The molecular weight excluding hydrogens is 301 g/mol. The lowest BCUT2D eigenvalue weighted by Gasteiger charge is -2.09. The van der Waals surface area contributed by atoms with Gasteiger partial charge >= 0.3 is 0 Å². The van der Waals surface area contributed by atoms with E-state index >= 15 is 0 Å². The Bertz CT molecular complexity index is 741. The van der Waals surface area contributed by atoms with Gasteiger partial charge in [0.15, 0.2) is 0 Å². The normalized spacial score (nSPS) is 11.8. The lowest BCUT2D eigenvalue weighted by atomic mass is 10.2. The molecule has 1 aromatic carbocycles. The number of aryl methyl sites for hydroxylation is 2. The molecule has 1 heterocycles. The van der Waals surface area contributed by atoms with E-state index in [4.69, 9.17) is 5.73 Å². The molecule has 0 aliphatic heterocycles. The second kappa shape index (κ2) is 5.47. The first-order valence-corrected chi connectivity index (χ1v) is 8.06. The van der Waals surface area contributed by atoms with Crippen LogP contribution in [0.2, 0.25) is 0 Å². The third kappa shape index (κ3) is 3.14. The maximum Gasteiger partial charge on any atom is 0.243 e. The second-order valence-electron chi connectivity index (χ2n) is 4.33. The van der Waals surface area contributed by atoms with Crippen molar-refractivity contribution < 1.29 is 12.8 Å². The van der Waals surface area contributed by atoms with E-state index < -0.39 is 20.7 Å². The van der Waals surface area contributed by atoms with Crippen molar-refractivity contribution in [2.24, 2.45) is 0 Å². The first kappa shape index (κ1) is 14.9. The molecular formula is C12H14FN3O2S2. The van der Waals surface area contributed by atoms with Crippen LogP contribution in [0, 0.1) is 19.7 Å². The first-order valence-electron chi connectivity index (χ1n) is 5.76. The Labute approximate surface area is 120 Å². The number of nitrogens with two attached hydrogens (primary N) is 1. The molecule has 0 aliphatic rings. The molecule has 8 heteroatoms. The molecule has 0 amide bonds. The molecule has 0 atom stereocenters. The van der Waals surface area contributed by atoms with Gasteiger partial charge in [-0.05, 0) is 31.5 Å². The summed E-state index contributed by atoms with van der Waals surface area (Å²) in [7, 11) is -3.96. The Balaban J connectivity index is 2.24. The van der Waals surface area contributed by atoms with Gasteiger partial charge in [0.1, 0.15) is 15.7 Å². The molecule has 0 radical (unpaired) electrons. The van der Waals surface area contributed by atoms with E-state index in [0.29, 0.717) is 10.6 Å². The molecule has 5 nitrogen and oxygen atoms in total. The number of hydrogen-bond donors (Lipinski definition) is 2. The fourth-order valence-electron chi connectivity index (χ4n) is 1.59. The van der Waals surface area contributed by atoms with Gasteiger partial charge < -0.3 is 5.73 Å². The second-order valence-corrected chi connectivity index (χ2v) is 7.38. The lowest BCUT2D eigenvalue weighted by molar-refractivity contribution is 0.556. The molecule has 0 aliphatic carbocycles. The van der Waals surface area contributed by atoms with Gasteiger partial charge in [-0.1, -0.05) is 0 Å². The number of benzene rings is 1. The number of thiazole rings is 1. The van der Waals surface area contributed by atoms with E-state index in [2.05, 4.69) is 9.71 Å². The van der Waals surface area contributed by atoms with Crippen molar-refractivity contribution >= 4 is 27.0 Å². The SMILES string of the molecule is Cc1cnc(CNS(=O)(=O)c2cc(N)c(C)cc2F)s1. The van der Waals surface area contributed by atoms with E-state index in [9.17, 15) is 12.8 Å². The van der Waals surface area contributed by atoms with Crippen molar-refractivity contribution in [2.45, 2.75) is 25.3 Å². The van der Waals surface area contributed by atoms with Gasteiger partial charge in [0.05, 0.1) is 6.54 Å². The van der Waals surface area contributed by atoms with Crippen molar-refractivity contribution in [3.8, 4) is 0 Å². The van der Waals surface area contributed by atoms with Crippen molar-refractivity contribution in [3.63, 3.8) is 0 Å². The van der Waals surface area contributed by atoms with E-state index in [0.717, 1.165) is 17.0 Å². The molecule has 0 saturated heterocycles. The summed E-state index contributed by atoms with van der Waals surface area (Å²) < 4.78 is 40.2. The minimum absolute atomic E-state index is 0.0219. The summed E-state index contributed by atoms with van der Waals surface area (Å²) >= 11 is 1.38. The van der Waals surface area contributed by atoms with Crippen LogP contribution < -0.4 is 10.5 Å². The van der Waals surface area contributed by atoms with Gasteiger partial charge in [0.25, 0.3) is 0 Å². The molecule has 0 fully saturated rings. The highest BCUT2D eigenvalue weighted by molar-refractivity contribution is 7.89. The number of rotatable bonds is 4. The Kier molecular flexibility index (Phi) is 4.07. The van der Waals surface area contributed by atoms with Gasteiger partial charge in [0, 0.05) is 16.8 Å². The lowest BCUT2D eigenvalue weighted by Crippen LogP contribution is -2.24. The van der Waals surface area contributed by atoms with Gasteiger partial charge in [-0.2, -0.15) is 0 Å². The highest BCUT2D eigenvalue weighted by Gasteiger charge is 2.20. The standard InChI is InChI=1S/C12H14FN3O2S2/c1-7-3-9(13)11(4-10(7)14)20(17,18)16-6-12-15-5-8(2)19-12/h3-5,16H,6,14H2,1-2H3. The van der Waals surface area contributed by atoms with E-state index in [-0.39, 0.29) is 12.2 Å². The van der Waals surface area contributed by atoms with Crippen LogP contribution in [0.3, 0.4) is 0 Å². The predicted octanol–water partition coefficient (Wildman–Crippen LogP) is 1.96. The van der Waals surface area contributed by atoms with Crippen LogP contribution in [0.25, 0.3) is 0 Å². The molecule has 20 heavy (non-hydrogen) atoms. The summed E-state index contributed by atoms with van der Waals surface area (Å²) in [6, 6.07) is 2.23. The zero-order valence-corrected chi connectivity index (χ0v) is 12.6. The molecule has 3 N–H and O–H groups in total. The summed E-state index contributed by atoms with van der Waals surface area (Å²) in [6.07, 6.45) is 1.65. The van der Waals surface area contributed by atoms with Crippen LogP contribution in [0.4, 0.5) is 10.1 Å². The fraction of sp³-hybridized carbons (Fsp3) is 0.250. The van der Waals surface area contributed by atoms with E-state index in [1.165, 1.54) is 11.3 Å². The summed E-state index contributed by atoms with van der Waals surface area (Å²) in [4.78, 5) is 4.57. The van der Waals surface area contributed by atoms with Gasteiger partial charge in [-0.25, -0.2) is 22.5 Å². The molecule has 0 bridgehead atoms. The molecule has 2 aromatic rings. The number of sulfonamides is 1. The van der Waals surface area contributed by atoms with E-state index in [1.807, 2.05) is 6.92 Å². The fourth-order valence-corrected chi connectivity index (χ4v) is 3.49. The number of nitrogens with one attached hydrogen (secondary N) is 1. The summed E-state index contributed by atoms with van der Waals surface area (Å²) in [5, 5.41) is 0.617. The topological polar surface area (TPSA) is 85.1 Å². The summed E-state index contributed by atoms with van der Waals surface area (Å²) in [5.41, 5.74) is 6.36. The van der Waals surface area contributed by atoms with Crippen molar-refractivity contribution in [1.82, 2.24) is 9.71 Å². The maximum atomic E-state index is 13.8. The van der Waals surface area contributed by atoms with Gasteiger partial charge in [-0.15, -0.1) is 11.3 Å². The van der Waals surface area contributed by atoms with Crippen LogP contribution in [-0.2, 0) is 16.6 Å². The zero-order valence-electron chi connectivity index (χ0n) is 11.0. The van der Waals surface area contributed by atoms with Crippen LogP contribution in [-0.4, -0.2) is 13.4 Å². The third-order valence-electron chi connectivity index (χ3n) is 2.69. The predicted molar refractivity (Wildman–Crippen MR) is 76.4 cm³/mol. The number of nitrogen functional groups attached to an aromatic ring is 1. The minimum atomic E-state index is -3.96. The highest BCUT2D eigenvalue weighted by Crippen LogP contribution is 2.21.